The van der Waals surface area contributed by atoms with Crippen molar-refractivity contribution in [2.75, 3.05) is 12.4 Å². The highest BCUT2D eigenvalue weighted by Gasteiger charge is 2.20. The molecule has 1 N–H and O–H groups in total. The molecule has 0 spiro atoms. The molecule has 21 heavy (non-hydrogen) atoms. The topological polar surface area (TPSA) is 47.0 Å². The number of anilines is 1. The highest BCUT2D eigenvalue weighted by atomic mass is 16.5. The highest BCUT2D eigenvalue weighted by Crippen LogP contribution is 2.34. The molecule has 4 nitrogen and oxygen atoms in total. The van der Waals surface area contributed by atoms with E-state index < -0.39 is 0 Å². The van der Waals surface area contributed by atoms with Gasteiger partial charge in [-0.25, -0.2) is 4.98 Å². The quantitative estimate of drug-likeness (QED) is 0.917. The molecule has 0 fully saturated rings. The van der Waals surface area contributed by atoms with Gasteiger partial charge in [-0.15, -0.1) is 0 Å². The standard InChI is InChI=1S/C17H23N3O/c1-11-7-8-13(17(3,4)5)14(9-11)21-15-10-12(2)19-16(18-6)20-15/h7-10H,1-6H3,(H,18,19,20). The molecule has 2 rings (SSSR count). The summed E-state index contributed by atoms with van der Waals surface area (Å²) in [6, 6.07) is 8.13. The summed E-state index contributed by atoms with van der Waals surface area (Å²) in [5.41, 5.74) is 3.21. The lowest BCUT2D eigenvalue weighted by molar-refractivity contribution is 0.438. The SMILES string of the molecule is CNc1nc(C)cc(Oc2cc(C)ccc2C(C)(C)C)n1. The molecule has 112 valence electrons. The maximum atomic E-state index is 6.05. The molecule has 1 aromatic carbocycles. The first-order valence-corrected chi connectivity index (χ1v) is 7.12. The van der Waals surface area contributed by atoms with Crippen LogP contribution in [0.5, 0.6) is 11.6 Å². The van der Waals surface area contributed by atoms with Crippen LogP contribution in [-0.4, -0.2) is 17.0 Å². The van der Waals surface area contributed by atoms with E-state index in [2.05, 4.69) is 61.2 Å². The molecule has 0 amide bonds. The van der Waals surface area contributed by atoms with Crippen LogP contribution in [0.15, 0.2) is 24.3 Å². The Balaban J connectivity index is 2.44. The van der Waals surface area contributed by atoms with Gasteiger partial charge in [-0.05, 0) is 30.9 Å². The maximum Gasteiger partial charge on any atom is 0.225 e. The lowest BCUT2D eigenvalue weighted by Crippen LogP contribution is -2.13. The summed E-state index contributed by atoms with van der Waals surface area (Å²) in [7, 11) is 1.80. The van der Waals surface area contributed by atoms with Gasteiger partial charge in [0.1, 0.15) is 5.75 Å². The number of aryl methyl sites for hydroxylation is 2. The molecule has 4 heteroatoms. The Kier molecular flexibility index (Phi) is 4.16. The normalized spacial score (nSPS) is 11.3. The fourth-order valence-electron chi connectivity index (χ4n) is 2.15. The second-order valence-corrected chi connectivity index (χ2v) is 6.27. The molecule has 0 radical (unpaired) electrons. The van der Waals surface area contributed by atoms with Crippen molar-refractivity contribution in [2.24, 2.45) is 0 Å². The monoisotopic (exact) mass is 285 g/mol. The van der Waals surface area contributed by atoms with E-state index >= 15 is 0 Å². The molecule has 0 saturated carbocycles. The van der Waals surface area contributed by atoms with Crippen molar-refractivity contribution in [1.82, 2.24) is 9.97 Å². The molecular formula is C17H23N3O. The van der Waals surface area contributed by atoms with E-state index in [1.807, 2.05) is 13.0 Å². The lowest BCUT2D eigenvalue weighted by atomic mass is 9.86. The summed E-state index contributed by atoms with van der Waals surface area (Å²) >= 11 is 0. The summed E-state index contributed by atoms with van der Waals surface area (Å²) < 4.78 is 6.05. The van der Waals surface area contributed by atoms with Crippen LogP contribution in [0.2, 0.25) is 0 Å². The minimum Gasteiger partial charge on any atom is -0.439 e. The number of aromatic nitrogens is 2. The van der Waals surface area contributed by atoms with E-state index in [1.165, 1.54) is 0 Å². The third-order valence-electron chi connectivity index (χ3n) is 3.21. The Morgan fingerprint density at radius 2 is 1.76 bits per heavy atom. The van der Waals surface area contributed by atoms with E-state index in [0.29, 0.717) is 11.8 Å². The van der Waals surface area contributed by atoms with Crippen molar-refractivity contribution in [3.05, 3.63) is 41.1 Å². The molecule has 0 unspecified atom stereocenters. The first-order chi connectivity index (χ1) is 9.79. The Morgan fingerprint density at radius 3 is 2.38 bits per heavy atom. The highest BCUT2D eigenvalue weighted by molar-refractivity contribution is 5.43. The summed E-state index contributed by atoms with van der Waals surface area (Å²) in [4.78, 5) is 8.64. The molecule has 0 bridgehead atoms. The van der Waals surface area contributed by atoms with Crippen LogP contribution < -0.4 is 10.1 Å². The number of rotatable bonds is 3. The number of nitrogens with one attached hydrogen (secondary N) is 1. The van der Waals surface area contributed by atoms with Gasteiger partial charge in [0.05, 0.1) is 0 Å². The molecule has 0 saturated heterocycles. The van der Waals surface area contributed by atoms with Gasteiger partial charge in [0.2, 0.25) is 11.8 Å². The number of nitrogens with zero attached hydrogens (tertiary/aromatic N) is 2. The van der Waals surface area contributed by atoms with Crippen LogP contribution in [-0.2, 0) is 5.41 Å². The molecule has 0 aliphatic carbocycles. The predicted octanol–water partition coefficient (Wildman–Crippen LogP) is 4.22. The largest absolute Gasteiger partial charge is 0.439 e. The second-order valence-electron chi connectivity index (χ2n) is 6.27. The van der Waals surface area contributed by atoms with Crippen LogP contribution in [0.4, 0.5) is 5.95 Å². The van der Waals surface area contributed by atoms with E-state index in [-0.39, 0.29) is 5.41 Å². The minimum atomic E-state index is 0.0109. The van der Waals surface area contributed by atoms with Gasteiger partial charge in [0.25, 0.3) is 0 Å². The maximum absolute atomic E-state index is 6.05. The third-order valence-corrected chi connectivity index (χ3v) is 3.21. The summed E-state index contributed by atoms with van der Waals surface area (Å²) in [6.07, 6.45) is 0. The number of benzene rings is 1. The third kappa shape index (κ3) is 3.72. The zero-order valence-electron chi connectivity index (χ0n) is 13.6. The molecule has 2 aromatic rings. The van der Waals surface area contributed by atoms with Crippen LogP contribution in [0.25, 0.3) is 0 Å². The fraction of sp³-hybridized carbons (Fsp3) is 0.412. The smallest absolute Gasteiger partial charge is 0.225 e. The van der Waals surface area contributed by atoms with Crippen LogP contribution in [0.3, 0.4) is 0 Å². The van der Waals surface area contributed by atoms with Crippen molar-refractivity contribution < 1.29 is 4.74 Å². The predicted molar refractivity (Wildman–Crippen MR) is 86.3 cm³/mol. The fourth-order valence-corrected chi connectivity index (χ4v) is 2.15. The second kappa shape index (κ2) is 5.72. The van der Waals surface area contributed by atoms with Crippen LogP contribution in [0.1, 0.15) is 37.6 Å². The first-order valence-electron chi connectivity index (χ1n) is 7.12. The Morgan fingerprint density at radius 1 is 1.05 bits per heavy atom. The number of ether oxygens (including phenoxy) is 1. The average molecular weight is 285 g/mol. The average Bonchev–Trinajstić information content (AvgIpc) is 2.36. The van der Waals surface area contributed by atoms with Crippen molar-refractivity contribution >= 4 is 5.95 Å². The first kappa shape index (κ1) is 15.3. The summed E-state index contributed by atoms with van der Waals surface area (Å²) in [6.45, 7) is 10.5. The molecule has 0 atom stereocenters. The van der Waals surface area contributed by atoms with Gasteiger partial charge < -0.3 is 10.1 Å². The van der Waals surface area contributed by atoms with Gasteiger partial charge >= 0.3 is 0 Å². The zero-order chi connectivity index (χ0) is 15.6. The molecule has 0 aliphatic heterocycles. The van der Waals surface area contributed by atoms with Gasteiger partial charge in [-0.1, -0.05) is 32.9 Å². The van der Waals surface area contributed by atoms with Gasteiger partial charge in [-0.3, -0.25) is 0 Å². The summed E-state index contributed by atoms with van der Waals surface area (Å²) in [5.74, 6) is 1.97. The minimum absolute atomic E-state index is 0.0109. The number of hydrogen-bond acceptors (Lipinski definition) is 4. The van der Waals surface area contributed by atoms with Crippen molar-refractivity contribution in [3.8, 4) is 11.6 Å². The number of hydrogen-bond donors (Lipinski definition) is 1. The van der Waals surface area contributed by atoms with Crippen molar-refractivity contribution in [2.45, 2.75) is 40.0 Å². The lowest BCUT2D eigenvalue weighted by Gasteiger charge is -2.23. The molecule has 1 heterocycles. The Hall–Kier alpha value is -2.10. The molecule has 0 aliphatic rings. The van der Waals surface area contributed by atoms with E-state index in [4.69, 9.17) is 4.74 Å². The van der Waals surface area contributed by atoms with E-state index in [1.54, 1.807) is 7.05 Å². The van der Waals surface area contributed by atoms with Gasteiger partial charge in [0.15, 0.2) is 0 Å². The van der Waals surface area contributed by atoms with Gasteiger partial charge in [0, 0.05) is 24.4 Å². The van der Waals surface area contributed by atoms with Crippen molar-refractivity contribution in [3.63, 3.8) is 0 Å². The van der Waals surface area contributed by atoms with Crippen LogP contribution in [0, 0.1) is 13.8 Å². The molecular weight excluding hydrogens is 262 g/mol. The Bertz CT molecular complexity index is 645. The van der Waals surface area contributed by atoms with Gasteiger partial charge in [-0.2, -0.15) is 4.98 Å². The van der Waals surface area contributed by atoms with Crippen molar-refractivity contribution in [1.29, 1.82) is 0 Å². The van der Waals surface area contributed by atoms with E-state index in [0.717, 1.165) is 22.6 Å². The van der Waals surface area contributed by atoms with Crippen LogP contribution >= 0.6 is 0 Å². The summed E-state index contributed by atoms with van der Waals surface area (Å²) in [5, 5.41) is 2.95. The Labute approximate surface area is 126 Å². The molecule has 1 aromatic heterocycles. The zero-order valence-corrected chi connectivity index (χ0v) is 13.6. The van der Waals surface area contributed by atoms with E-state index in [9.17, 15) is 0 Å².